The summed E-state index contributed by atoms with van der Waals surface area (Å²) in [5.41, 5.74) is 9.64. The van der Waals surface area contributed by atoms with E-state index >= 15 is 0 Å². The first-order valence-electron chi connectivity index (χ1n) is 9.16. The number of rotatable bonds is 5. The van der Waals surface area contributed by atoms with Crippen molar-refractivity contribution in [1.82, 2.24) is 4.90 Å². The third-order valence-electron chi connectivity index (χ3n) is 4.81. The Morgan fingerprint density at radius 1 is 1.11 bits per heavy atom. The van der Waals surface area contributed by atoms with Gasteiger partial charge in [-0.25, -0.2) is 0 Å². The topological polar surface area (TPSA) is 84.7 Å². The molecule has 1 aliphatic heterocycles. The van der Waals surface area contributed by atoms with Gasteiger partial charge in [-0.2, -0.15) is 0 Å². The first-order chi connectivity index (χ1) is 13.1. The molecule has 142 valence electrons. The summed E-state index contributed by atoms with van der Waals surface area (Å²) in [5, 5.41) is 2.92. The number of ether oxygens (including phenoxy) is 1. The number of nitrogens with two attached hydrogens (primary N) is 1. The molecule has 0 aromatic heterocycles. The average Bonchev–Trinajstić information content (AvgIpc) is 2.69. The molecule has 1 fully saturated rings. The Morgan fingerprint density at radius 3 is 2.59 bits per heavy atom. The predicted octanol–water partition coefficient (Wildman–Crippen LogP) is 2.62. The van der Waals surface area contributed by atoms with E-state index in [2.05, 4.69) is 5.32 Å². The van der Waals surface area contributed by atoms with Gasteiger partial charge >= 0.3 is 0 Å². The van der Waals surface area contributed by atoms with Crippen LogP contribution in [0.3, 0.4) is 0 Å². The number of aryl methyl sites for hydroxylation is 1. The lowest BCUT2D eigenvalue weighted by molar-refractivity contribution is -0.116. The van der Waals surface area contributed by atoms with Crippen LogP contribution in [0.15, 0.2) is 42.5 Å². The number of para-hydroxylation sites is 1. The number of carbonyl (C=O) groups excluding carboxylic acids is 2. The highest BCUT2D eigenvalue weighted by atomic mass is 16.5. The molecular formula is C21H25N3O3. The van der Waals surface area contributed by atoms with Gasteiger partial charge in [0.2, 0.25) is 5.91 Å². The maximum Gasteiger partial charge on any atom is 0.254 e. The van der Waals surface area contributed by atoms with Crippen LogP contribution in [-0.2, 0) is 16.0 Å². The lowest BCUT2D eigenvalue weighted by Gasteiger charge is -2.27. The van der Waals surface area contributed by atoms with Crippen LogP contribution < -0.4 is 11.1 Å². The van der Waals surface area contributed by atoms with Crippen LogP contribution in [0.25, 0.3) is 0 Å². The molecule has 0 saturated carbocycles. The van der Waals surface area contributed by atoms with E-state index in [9.17, 15) is 9.59 Å². The lowest BCUT2D eigenvalue weighted by atomic mass is 10.0. The molecule has 2 amide bonds. The SMILES string of the molecule is Cc1c(NC(=O)CCc2ccccc2N)cccc1C(=O)N1CCOCC1. The smallest absolute Gasteiger partial charge is 0.254 e. The van der Waals surface area contributed by atoms with E-state index in [1.54, 1.807) is 17.0 Å². The maximum atomic E-state index is 12.8. The number of morpholine rings is 1. The van der Waals surface area contributed by atoms with Gasteiger partial charge in [0.05, 0.1) is 13.2 Å². The summed E-state index contributed by atoms with van der Waals surface area (Å²) in [6.07, 6.45) is 0.902. The monoisotopic (exact) mass is 367 g/mol. The molecule has 1 aliphatic rings. The van der Waals surface area contributed by atoms with Crippen LogP contribution >= 0.6 is 0 Å². The normalized spacial score (nSPS) is 14.0. The highest BCUT2D eigenvalue weighted by molar-refractivity contribution is 5.99. The molecule has 0 spiro atoms. The summed E-state index contributed by atoms with van der Waals surface area (Å²) < 4.78 is 5.30. The van der Waals surface area contributed by atoms with Crippen LogP contribution in [0.4, 0.5) is 11.4 Å². The van der Waals surface area contributed by atoms with E-state index in [1.807, 2.05) is 37.3 Å². The molecule has 0 bridgehead atoms. The largest absolute Gasteiger partial charge is 0.399 e. The Kier molecular flexibility index (Phi) is 6.08. The second-order valence-electron chi connectivity index (χ2n) is 6.63. The van der Waals surface area contributed by atoms with Gasteiger partial charge in [0.15, 0.2) is 0 Å². The van der Waals surface area contributed by atoms with Gasteiger partial charge in [0.1, 0.15) is 0 Å². The van der Waals surface area contributed by atoms with Gasteiger partial charge in [0, 0.05) is 36.4 Å². The number of hydrogen-bond acceptors (Lipinski definition) is 4. The van der Waals surface area contributed by atoms with Crippen molar-refractivity contribution >= 4 is 23.2 Å². The summed E-state index contributed by atoms with van der Waals surface area (Å²) >= 11 is 0. The minimum atomic E-state index is -0.0997. The van der Waals surface area contributed by atoms with Gasteiger partial charge in [-0.15, -0.1) is 0 Å². The molecule has 27 heavy (non-hydrogen) atoms. The third-order valence-corrected chi connectivity index (χ3v) is 4.81. The number of carbonyl (C=O) groups is 2. The summed E-state index contributed by atoms with van der Waals surface area (Å²) in [5.74, 6) is -0.124. The quantitative estimate of drug-likeness (QED) is 0.796. The first-order valence-corrected chi connectivity index (χ1v) is 9.16. The number of benzene rings is 2. The van der Waals surface area contributed by atoms with Crippen molar-refractivity contribution in [3.05, 3.63) is 59.2 Å². The zero-order valence-electron chi connectivity index (χ0n) is 15.5. The van der Waals surface area contributed by atoms with Gasteiger partial charge in [0.25, 0.3) is 5.91 Å². The lowest BCUT2D eigenvalue weighted by Crippen LogP contribution is -2.41. The van der Waals surface area contributed by atoms with Crippen molar-refractivity contribution in [2.75, 3.05) is 37.4 Å². The van der Waals surface area contributed by atoms with Crippen molar-refractivity contribution in [3.8, 4) is 0 Å². The molecule has 2 aromatic rings. The Hall–Kier alpha value is -2.86. The molecule has 1 heterocycles. The van der Waals surface area contributed by atoms with Crippen molar-refractivity contribution in [3.63, 3.8) is 0 Å². The van der Waals surface area contributed by atoms with Crippen LogP contribution in [0.5, 0.6) is 0 Å². The van der Waals surface area contributed by atoms with Gasteiger partial charge < -0.3 is 20.7 Å². The third kappa shape index (κ3) is 4.65. The van der Waals surface area contributed by atoms with Gasteiger partial charge in [-0.1, -0.05) is 24.3 Å². The van der Waals surface area contributed by atoms with E-state index in [4.69, 9.17) is 10.5 Å². The average molecular weight is 367 g/mol. The summed E-state index contributed by atoms with van der Waals surface area (Å²) in [6.45, 7) is 4.16. The Bertz CT molecular complexity index is 829. The van der Waals surface area contributed by atoms with Crippen molar-refractivity contribution < 1.29 is 14.3 Å². The number of nitrogens with zero attached hydrogens (tertiary/aromatic N) is 1. The Morgan fingerprint density at radius 2 is 1.85 bits per heavy atom. The van der Waals surface area contributed by atoms with Crippen molar-refractivity contribution in [2.45, 2.75) is 19.8 Å². The van der Waals surface area contributed by atoms with E-state index < -0.39 is 0 Å². The molecule has 0 radical (unpaired) electrons. The fourth-order valence-corrected chi connectivity index (χ4v) is 3.16. The van der Waals surface area contributed by atoms with Crippen LogP contribution in [0, 0.1) is 6.92 Å². The standard InChI is InChI=1S/C21H25N3O3/c1-15-17(21(26)24-11-13-27-14-12-24)6-4-8-19(15)23-20(25)10-9-16-5-2-3-7-18(16)22/h2-8H,9-14,22H2,1H3,(H,23,25). The number of nitrogens with one attached hydrogen (secondary N) is 1. The molecule has 0 unspecified atom stereocenters. The van der Waals surface area contributed by atoms with Gasteiger partial charge in [-0.05, 0) is 42.7 Å². The number of amides is 2. The summed E-state index contributed by atoms with van der Waals surface area (Å²) in [4.78, 5) is 26.9. The predicted molar refractivity (Wildman–Crippen MR) is 106 cm³/mol. The van der Waals surface area contributed by atoms with Crippen LogP contribution in [0.2, 0.25) is 0 Å². The molecule has 0 atom stereocenters. The van der Waals surface area contributed by atoms with Crippen LogP contribution in [0.1, 0.15) is 27.9 Å². The second kappa shape index (κ2) is 8.68. The minimum absolute atomic E-state index is 0.0241. The van der Waals surface area contributed by atoms with Gasteiger partial charge in [-0.3, -0.25) is 9.59 Å². The van der Waals surface area contributed by atoms with E-state index in [1.165, 1.54) is 0 Å². The highest BCUT2D eigenvalue weighted by Crippen LogP contribution is 2.21. The fraction of sp³-hybridized carbons (Fsp3) is 0.333. The summed E-state index contributed by atoms with van der Waals surface area (Å²) in [6, 6.07) is 13.0. The molecule has 3 rings (SSSR count). The molecule has 3 N–H and O–H groups in total. The molecule has 6 heteroatoms. The molecule has 2 aromatic carbocycles. The summed E-state index contributed by atoms with van der Waals surface area (Å²) in [7, 11) is 0. The van der Waals surface area contributed by atoms with Crippen molar-refractivity contribution in [1.29, 1.82) is 0 Å². The van der Waals surface area contributed by atoms with E-state index in [-0.39, 0.29) is 11.8 Å². The number of nitrogen functional groups attached to an aromatic ring is 1. The van der Waals surface area contributed by atoms with E-state index in [0.29, 0.717) is 56.1 Å². The maximum absolute atomic E-state index is 12.8. The molecule has 1 saturated heterocycles. The number of hydrogen-bond donors (Lipinski definition) is 2. The van der Waals surface area contributed by atoms with Crippen LogP contribution in [-0.4, -0.2) is 43.0 Å². The zero-order chi connectivity index (χ0) is 19.2. The minimum Gasteiger partial charge on any atom is -0.399 e. The molecule has 6 nitrogen and oxygen atoms in total. The zero-order valence-corrected chi connectivity index (χ0v) is 15.5. The Balaban J connectivity index is 1.65. The first kappa shape index (κ1) is 18.9. The number of anilines is 2. The molecule has 0 aliphatic carbocycles. The second-order valence-corrected chi connectivity index (χ2v) is 6.63. The Labute approximate surface area is 159 Å². The van der Waals surface area contributed by atoms with E-state index in [0.717, 1.165) is 11.1 Å². The fourth-order valence-electron chi connectivity index (χ4n) is 3.16. The van der Waals surface area contributed by atoms with Crippen molar-refractivity contribution in [2.24, 2.45) is 0 Å². The molecular weight excluding hydrogens is 342 g/mol. The highest BCUT2D eigenvalue weighted by Gasteiger charge is 2.21.